The molecule has 1 aliphatic rings. The minimum atomic E-state index is 0.432. The zero-order valence-corrected chi connectivity index (χ0v) is 11.1. The molecule has 1 fully saturated rings. The molecular formula is C12H19ClN4. The lowest BCUT2D eigenvalue weighted by Gasteiger charge is -2.15. The van der Waals surface area contributed by atoms with E-state index in [4.69, 9.17) is 11.6 Å². The highest BCUT2D eigenvalue weighted by molar-refractivity contribution is 6.32. The summed E-state index contributed by atoms with van der Waals surface area (Å²) in [4.78, 5) is 8.54. The van der Waals surface area contributed by atoms with Gasteiger partial charge >= 0.3 is 0 Å². The van der Waals surface area contributed by atoms with Crippen LogP contribution in [0.15, 0.2) is 6.20 Å². The van der Waals surface area contributed by atoms with Crippen LogP contribution in [0.2, 0.25) is 5.02 Å². The van der Waals surface area contributed by atoms with Gasteiger partial charge in [0.05, 0.1) is 6.20 Å². The smallest absolute Gasteiger partial charge is 0.224 e. The largest absolute Gasteiger partial charge is 0.366 e. The van der Waals surface area contributed by atoms with Gasteiger partial charge in [-0.2, -0.15) is 4.98 Å². The molecule has 0 bridgehead atoms. The Morgan fingerprint density at radius 3 is 2.94 bits per heavy atom. The summed E-state index contributed by atoms with van der Waals surface area (Å²) >= 11 is 6.08. The van der Waals surface area contributed by atoms with Crippen molar-refractivity contribution < 1.29 is 0 Å². The Morgan fingerprint density at radius 1 is 1.53 bits per heavy atom. The van der Waals surface area contributed by atoms with Crippen molar-refractivity contribution in [1.82, 2.24) is 9.97 Å². The van der Waals surface area contributed by atoms with E-state index in [1.165, 1.54) is 12.8 Å². The van der Waals surface area contributed by atoms with E-state index in [0.717, 1.165) is 24.7 Å². The van der Waals surface area contributed by atoms with Crippen LogP contribution >= 0.6 is 11.6 Å². The van der Waals surface area contributed by atoms with Gasteiger partial charge in [-0.15, -0.1) is 0 Å². The molecule has 0 amide bonds. The van der Waals surface area contributed by atoms with E-state index < -0.39 is 0 Å². The molecule has 1 unspecified atom stereocenters. The van der Waals surface area contributed by atoms with Crippen LogP contribution in [-0.4, -0.2) is 22.6 Å². The number of anilines is 2. The molecular weight excluding hydrogens is 236 g/mol. The van der Waals surface area contributed by atoms with Crippen molar-refractivity contribution in [2.45, 2.75) is 39.2 Å². The number of nitrogens with one attached hydrogen (secondary N) is 2. The van der Waals surface area contributed by atoms with E-state index in [0.29, 0.717) is 17.0 Å². The fraction of sp³-hybridized carbons (Fsp3) is 0.667. The van der Waals surface area contributed by atoms with Gasteiger partial charge in [0.15, 0.2) is 5.82 Å². The average molecular weight is 255 g/mol. The first-order valence-electron chi connectivity index (χ1n) is 6.23. The first-order valence-corrected chi connectivity index (χ1v) is 6.61. The van der Waals surface area contributed by atoms with Crippen molar-refractivity contribution in [1.29, 1.82) is 0 Å². The van der Waals surface area contributed by atoms with Gasteiger partial charge in [0, 0.05) is 12.6 Å². The molecule has 94 valence electrons. The summed E-state index contributed by atoms with van der Waals surface area (Å²) in [5.41, 5.74) is 0. The number of hydrogen-bond acceptors (Lipinski definition) is 4. The van der Waals surface area contributed by atoms with E-state index in [2.05, 4.69) is 34.4 Å². The average Bonchev–Trinajstić information content (AvgIpc) is 3.14. The Kier molecular flexibility index (Phi) is 4.05. The molecule has 0 saturated heterocycles. The lowest BCUT2D eigenvalue weighted by Crippen LogP contribution is -2.19. The van der Waals surface area contributed by atoms with Gasteiger partial charge in [0.1, 0.15) is 5.02 Å². The highest BCUT2D eigenvalue weighted by Gasteiger charge is 2.28. The summed E-state index contributed by atoms with van der Waals surface area (Å²) in [5, 5.41) is 7.11. The van der Waals surface area contributed by atoms with E-state index in [1.807, 2.05) is 0 Å². The molecule has 5 heteroatoms. The van der Waals surface area contributed by atoms with E-state index in [-0.39, 0.29) is 0 Å². The van der Waals surface area contributed by atoms with Crippen molar-refractivity contribution in [3.63, 3.8) is 0 Å². The van der Waals surface area contributed by atoms with Crippen LogP contribution in [0.25, 0.3) is 0 Å². The molecule has 0 radical (unpaired) electrons. The van der Waals surface area contributed by atoms with Crippen LogP contribution in [0.4, 0.5) is 11.8 Å². The van der Waals surface area contributed by atoms with Crippen LogP contribution in [0.3, 0.4) is 0 Å². The maximum absolute atomic E-state index is 6.08. The van der Waals surface area contributed by atoms with E-state index in [9.17, 15) is 0 Å². The molecule has 1 saturated carbocycles. The molecule has 2 N–H and O–H groups in total. The summed E-state index contributed by atoms with van der Waals surface area (Å²) < 4.78 is 0. The summed E-state index contributed by atoms with van der Waals surface area (Å²) in [7, 11) is 0. The summed E-state index contributed by atoms with van der Waals surface area (Å²) in [5.74, 6) is 2.15. The van der Waals surface area contributed by atoms with E-state index >= 15 is 0 Å². The van der Waals surface area contributed by atoms with Crippen molar-refractivity contribution >= 4 is 23.4 Å². The number of hydrogen-bond donors (Lipinski definition) is 2. The summed E-state index contributed by atoms with van der Waals surface area (Å²) in [6.45, 7) is 5.16. The lowest BCUT2D eigenvalue weighted by atomic mass is 10.2. The minimum absolute atomic E-state index is 0.432. The Hall–Kier alpha value is -1.03. The molecule has 1 aliphatic carbocycles. The lowest BCUT2D eigenvalue weighted by molar-refractivity contribution is 0.690. The van der Waals surface area contributed by atoms with Gasteiger partial charge in [-0.25, -0.2) is 4.98 Å². The molecule has 1 atom stereocenters. The minimum Gasteiger partial charge on any atom is -0.366 e. The first kappa shape index (κ1) is 12.4. The van der Waals surface area contributed by atoms with Crippen LogP contribution in [0, 0.1) is 5.92 Å². The van der Waals surface area contributed by atoms with E-state index in [1.54, 1.807) is 6.20 Å². The number of aromatic nitrogens is 2. The third kappa shape index (κ3) is 3.46. The van der Waals surface area contributed by atoms with Crippen LogP contribution in [0.5, 0.6) is 0 Å². The quantitative estimate of drug-likeness (QED) is 0.819. The van der Waals surface area contributed by atoms with Crippen molar-refractivity contribution in [2.75, 3.05) is 17.2 Å². The van der Waals surface area contributed by atoms with Gasteiger partial charge in [-0.1, -0.05) is 18.5 Å². The molecule has 2 rings (SSSR count). The molecule has 0 aromatic carbocycles. The standard InChI is InChI=1S/C12H19ClN4/c1-3-6-14-12-15-7-10(13)11(17-12)16-8(2)9-4-5-9/h7-9H,3-6H2,1-2H3,(H2,14,15,16,17). The highest BCUT2D eigenvalue weighted by Crippen LogP contribution is 2.34. The van der Waals surface area contributed by atoms with Gasteiger partial charge < -0.3 is 10.6 Å². The predicted octanol–water partition coefficient (Wildman–Crippen LogP) is 3.16. The Labute approximate surface area is 107 Å². The Bertz CT molecular complexity index is 379. The maximum Gasteiger partial charge on any atom is 0.224 e. The second-order valence-corrected chi connectivity index (χ2v) is 4.99. The zero-order chi connectivity index (χ0) is 12.3. The van der Waals surface area contributed by atoms with Gasteiger partial charge in [0.2, 0.25) is 5.95 Å². The number of rotatable bonds is 6. The highest BCUT2D eigenvalue weighted by atomic mass is 35.5. The Balaban J connectivity index is 2.02. The molecule has 1 aromatic rings. The summed E-state index contributed by atoms with van der Waals surface area (Å²) in [6.07, 6.45) is 5.30. The summed E-state index contributed by atoms with van der Waals surface area (Å²) in [6, 6.07) is 0.432. The first-order chi connectivity index (χ1) is 8.20. The van der Waals surface area contributed by atoms with Crippen molar-refractivity contribution in [2.24, 2.45) is 5.92 Å². The number of nitrogens with zero attached hydrogens (tertiary/aromatic N) is 2. The maximum atomic E-state index is 6.08. The number of halogens is 1. The van der Waals surface area contributed by atoms with Gasteiger partial charge in [-0.05, 0) is 32.1 Å². The molecule has 0 aliphatic heterocycles. The molecule has 17 heavy (non-hydrogen) atoms. The van der Waals surface area contributed by atoms with Crippen LogP contribution in [-0.2, 0) is 0 Å². The Morgan fingerprint density at radius 2 is 2.29 bits per heavy atom. The normalized spacial score (nSPS) is 16.6. The molecule has 0 spiro atoms. The SMILES string of the molecule is CCCNc1ncc(Cl)c(NC(C)C2CC2)n1. The second-order valence-electron chi connectivity index (χ2n) is 4.59. The second kappa shape index (κ2) is 5.54. The fourth-order valence-corrected chi connectivity index (χ4v) is 1.87. The third-order valence-corrected chi connectivity index (χ3v) is 3.25. The molecule has 1 heterocycles. The third-order valence-electron chi connectivity index (χ3n) is 2.97. The van der Waals surface area contributed by atoms with Crippen molar-refractivity contribution in [3.8, 4) is 0 Å². The topological polar surface area (TPSA) is 49.8 Å². The van der Waals surface area contributed by atoms with Gasteiger partial charge in [-0.3, -0.25) is 0 Å². The van der Waals surface area contributed by atoms with Gasteiger partial charge in [0.25, 0.3) is 0 Å². The van der Waals surface area contributed by atoms with Crippen LogP contribution in [0.1, 0.15) is 33.1 Å². The van der Waals surface area contributed by atoms with Crippen LogP contribution < -0.4 is 10.6 Å². The fourth-order valence-electron chi connectivity index (χ4n) is 1.72. The molecule has 1 aromatic heterocycles. The monoisotopic (exact) mass is 254 g/mol. The van der Waals surface area contributed by atoms with Crippen molar-refractivity contribution in [3.05, 3.63) is 11.2 Å². The predicted molar refractivity (Wildman–Crippen MR) is 71.6 cm³/mol. The molecule has 4 nitrogen and oxygen atoms in total. The zero-order valence-electron chi connectivity index (χ0n) is 10.3.